The fourth-order valence-corrected chi connectivity index (χ4v) is 2.20. The Kier molecular flexibility index (Phi) is 5.27. The number of benzene rings is 1. The van der Waals surface area contributed by atoms with Crippen LogP contribution in [0.2, 0.25) is 0 Å². The Balaban J connectivity index is 2.07. The van der Waals surface area contributed by atoms with Crippen molar-refractivity contribution in [2.45, 2.75) is 37.1 Å². The highest BCUT2D eigenvalue weighted by atomic mass is 16.6. The Hall–Kier alpha value is -1.51. The van der Waals surface area contributed by atoms with Gasteiger partial charge in [-0.1, -0.05) is 30.3 Å². The zero-order chi connectivity index (χ0) is 15.4. The molecule has 1 aromatic rings. The van der Waals surface area contributed by atoms with Crippen LogP contribution in [0.4, 0.5) is 0 Å². The summed E-state index contributed by atoms with van der Waals surface area (Å²) in [6.45, 7) is -0.491. The van der Waals surface area contributed by atoms with Crippen molar-refractivity contribution < 1.29 is 25.2 Å². The molecule has 116 valence electrons. The van der Waals surface area contributed by atoms with E-state index in [4.69, 9.17) is 15.6 Å². The normalized spacial score (nSPS) is 33.9. The van der Waals surface area contributed by atoms with Crippen molar-refractivity contribution >= 4 is 5.84 Å². The summed E-state index contributed by atoms with van der Waals surface area (Å²) in [6.07, 6.45) is -5.99. The molecule has 1 fully saturated rings. The standard InChI is InChI=1S/C14H20N2O5/c15-10(6-8-4-2-1-3-5-8)16-14-13(20)12(19)11(18)9(7-17)21-14/h1-5,9,11-14,17-20H,6-7H2,(H2,15,16)/t9-,11-,12+,13-,14-/m1/s1. The Labute approximate surface area is 122 Å². The lowest BCUT2D eigenvalue weighted by atomic mass is 9.98. The van der Waals surface area contributed by atoms with Crippen molar-refractivity contribution in [3.05, 3.63) is 35.9 Å². The SMILES string of the molecule is N/C(Cc1ccccc1)=N\[C@@H]1O[C@H](CO)[C@@H](O)[C@H](O)[C@H]1O. The molecule has 0 aliphatic carbocycles. The lowest BCUT2D eigenvalue weighted by Gasteiger charge is -2.38. The minimum atomic E-state index is -1.45. The predicted molar refractivity (Wildman–Crippen MR) is 75.5 cm³/mol. The molecule has 7 heteroatoms. The zero-order valence-electron chi connectivity index (χ0n) is 11.4. The predicted octanol–water partition coefficient (Wildman–Crippen LogP) is -1.61. The number of ether oxygens (including phenoxy) is 1. The van der Waals surface area contributed by atoms with Crippen LogP contribution in [-0.2, 0) is 11.2 Å². The van der Waals surface area contributed by atoms with Crippen molar-refractivity contribution in [3.63, 3.8) is 0 Å². The maximum atomic E-state index is 9.86. The summed E-state index contributed by atoms with van der Waals surface area (Å²) in [4.78, 5) is 4.04. The van der Waals surface area contributed by atoms with Crippen molar-refractivity contribution in [3.8, 4) is 0 Å². The van der Waals surface area contributed by atoms with Crippen molar-refractivity contribution in [2.75, 3.05) is 6.61 Å². The van der Waals surface area contributed by atoms with Gasteiger partial charge in [0.2, 0.25) is 0 Å². The molecule has 2 rings (SSSR count). The minimum absolute atomic E-state index is 0.227. The van der Waals surface area contributed by atoms with Gasteiger partial charge in [0.15, 0.2) is 6.23 Å². The van der Waals surface area contributed by atoms with Crippen LogP contribution in [0.5, 0.6) is 0 Å². The van der Waals surface area contributed by atoms with E-state index < -0.39 is 37.3 Å². The molecule has 21 heavy (non-hydrogen) atoms. The number of amidine groups is 1. The second-order valence-corrected chi connectivity index (χ2v) is 5.00. The number of hydrogen-bond donors (Lipinski definition) is 5. The van der Waals surface area contributed by atoms with E-state index in [-0.39, 0.29) is 5.84 Å². The number of aliphatic hydroxyl groups excluding tert-OH is 4. The molecule has 0 radical (unpaired) electrons. The summed E-state index contributed by atoms with van der Waals surface area (Å²) < 4.78 is 5.26. The van der Waals surface area contributed by atoms with Crippen LogP contribution in [0.25, 0.3) is 0 Å². The fourth-order valence-electron chi connectivity index (χ4n) is 2.20. The van der Waals surface area contributed by atoms with E-state index in [0.29, 0.717) is 6.42 Å². The summed E-state index contributed by atoms with van der Waals surface area (Å²) in [5.41, 5.74) is 6.77. The summed E-state index contributed by atoms with van der Waals surface area (Å²) in [5.74, 6) is 0.227. The molecule has 1 heterocycles. The highest BCUT2D eigenvalue weighted by Crippen LogP contribution is 2.22. The van der Waals surface area contributed by atoms with Gasteiger partial charge >= 0.3 is 0 Å². The van der Waals surface area contributed by atoms with E-state index in [9.17, 15) is 15.3 Å². The third-order valence-corrected chi connectivity index (χ3v) is 3.39. The van der Waals surface area contributed by atoms with E-state index in [0.717, 1.165) is 5.56 Å². The van der Waals surface area contributed by atoms with Crippen LogP contribution in [0.1, 0.15) is 5.56 Å². The zero-order valence-corrected chi connectivity index (χ0v) is 11.4. The van der Waals surface area contributed by atoms with Gasteiger partial charge in [0.25, 0.3) is 0 Å². The van der Waals surface area contributed by atoms with E-state index in [2.05, 4.69) is 4.99 Å². The summed E-state index contributed by atoms with van der Waals surface area (Å²) in [7, 11) is 0. The average molecular weight is 296 g/mol. The van der Waals surface area contributed by atoms with Gasteiger partial charge < -0.3 is 30.9 Å². The first-order valence-corrected chi connectivity index (χ1v) is 6.69. The van der Waals surface area contributed by atoms with Crippen LogP contribution < -0.4 is 5.73 Å². The van der Waals surface area contributed by atoms with Crippen LogP contribution >= 0.6 is 0 Å². The summed E-state index contributed by atoms with van der Waals surface area (Å²) >= 11 is 0. The second kappa shape index (κ2) is 6.97. The topological polar surface area (TPSA) is 129 Å². The van der Waals surface area contributed by atoms with Crippen molar-refractivity contribution in [2.24, 2.45) is 10.7 Å². The van der Waals surface area contributed by atoms with Gasteiger partial charge in [0.1, 0.15) is 30.3 Å². The third-order valence-electron chi connectivity index (χ3n) is 3.39. The molecule has 7 nitrogen and oxygen atoms in total. The second-order valence-electron chi connectivity index (χ2n) is 5.00. The quantitative estimate of drug-likeness (QED) is 0.336. The van der Waals surface area contributed by atoms with Crippen LogP contribution in [0.15, 0.2) is 35.3 Å². The number of hydrogen-bond acceptors (Lipinski definition) is 6. The molecule has 0 bridgehead atoms. The summed E-state index contributed by atoms with van der Waals surface area (Å²) in [6, 6.07) is 9.40. The van der Waals surface area contributed by atoms with Gasteiger partial charge in [0, 0.05) is 6.42 Å². The molecule has 0 spiro atoms. The smallest absolute Gasteiger partial charge is 0.179 e. The minimum Gasteiger partial charge on any atom is -0.394 e. The molecule has 6 N–H and O–H groups in total. The first-order valence-electron chi connectivity index (χ1n) is 6.69. The molecule has 0 saturated carbocycles. The molecular formula is C14H20N2O5. The number of aliphatic imine (C=N–C) groups is 1. The number of rotatable bonds is 4. The summed E-state index contributed by atoms with van der Waals surface area (Å²) in [5, 5.41) is 38.3. The van der Waals surface area contributed by atoms with Gasteiger partial charge in [0.05, 0.1) is 6.61 Å². The van der Waals surface area contributed by atoms with Crippen molar-refractivity contribution in [1.29, 1.82) is 0 Å². The van der Waals surface area contributed by atoms with E-state index in [1.165, 1.54) is 0 Å². The molecule has 1 aliphatic rings. The van der Waals surface area contributed by atoms with Crippen molar-refractivity contribution in [1.82, 2.24) is 0 Å². The largest absolute Gasteiger partial charge is 0.394 e. The maximum Gasteiger partial charge on any atom is 0.179 e. The maximum absolute atomic E-state index is 9.86. The molecule has 0 unspecified atom stereocenters. The van der Waals surface area contributed by atoms with E-state index in [1.54, 1.807) is 0 Å². The van der Waals surface area contributed by atoms with Gasteiger partial charge in [-0.15, -0.1) is 0 Å². The lowest BCUT2D eigenvalue weighted by Crippen LogP contribution is -2.58. The monoisotopic (exact) mass is 296 g/mol. The molecule has 1 aliphatic heterocycles. The van der Waals surface area contributed by atoms with Gasteiger partial charge in [-0.2, -0.15) is 0 Å². The van der Waals surface area contributed by atoms with Crippen LogP contribution in [0, 0.1) is 0 Å². The molecule has 0 amide bonds. The molecular weight excluding hydrogens is 276 g/mol. The molecule has 1 aromatic carbocycles. The fraction of sp³-hybridized carbons (Fsp3) is 0.500. The molecule has 1 saturated heterocycles. The molecule has 0 aromatic heterocycles. The first kappa shape index (κ1) is 15.9. The Morgan fingerprint density at radius 2 is 1.76 bits per heavy atom. The Morgan fingerprint density at radius 3 is 2.38 bits per heavy atom. The van der Waals surface area contributed by atoms with Crippen LogP contribution in [0.3, 0.4) is 0 Å². The highest BCUT2D eigenvalue weighted by Gasteiger charge is 2.43. The van der Waals surface area contributed by atoms with Gasteiger partial charge in [-0.3, -0.25) is 0 Å². The number of nitrogens with zero attached hydrogens (tertiary/aromatic N) is 1. The van der Waals surface area contributed by atoms with E-state index in [1.807, 2.05) is 30.3 Å². The Bertz CT molecular complexity index is 480. The third kappa shape index (κ3) is 3.78. The Morgan fingerprint density at radius 1 is 1.10 bits per heavy atom. The highest BCUT2D eigenvalue weighted by molar-refractivity contribution is 5.82. The molecule has 5 atom stereocenters. The van der Waals surface area contributed by atoms with Gasteiger partial charge in [-0.05, 0) is 5.56 Å². The van der Waals surface area contributed by atoms with Gasteiger partial charge in [-0.25, -0.2) is 4.99 Å². The van der Waals surface area contributed by atoms with Crippen LogP contribution in [-0.4, -0.2) is 63.5 Å². The number of aliphatic hydroxyl groups is 4. The average Bonchev–Trinajstić information content (AvgIpc) is 2.49. The number of nitrogens with two attached hydrogens (primary N) is 1. The van der Waals surface area contributed by atoms with E-state index >= 15 is 0 Å². The first-order chi connectivity index (χ1) is 10.0. The lowest BCUT2D eigenvalue weighted by molar-refractivity contribution is -0.226.